The monoisotopic (exact) mass is 1710 g/mol. The molecule has 1 saturated heterocycles. The molecule has 27 heteroatoms. The van der Waals surface area contributed by atoms with Crippen molar-refractivity contribution in [3.05, 3.63) is 235 Å². The van der Waals surface area contributed by atoms with Crippen LogP contribution in [0, 0.1) is 0 Å². The molecular weight excluding hydrogens is 1610 g/mol. The first-order valence-electron chi connectivity index (χ1n) is 37.8. The maximum atomic E-state index is 13.1. The first-order chi connectivity index (χ1) is 55.0. The molecule has 5 unspecified atom stereocenters. The van der Waals surface area contributed by atoms with Crippen LogP contribution in [0.4, 0.5) is 17.1 Å². The molecule has 5 atom stereocenters. The molecular formula is C88H101N3O16P2S6. The second-order valence-electron chi connectivity index (χ2n) is 27.6. The van der Waals surface area contributed by atoms with Crippen LogP contribution in [0.5, 0.6) is 23.0 Å². The van der Waals surface area contributed by atoms with Crippen molar-refractivity contribution >= 4 is 159 Å². The van der Waals surface area contributed by atoms with E-state index in [-0.39, 0.29) is 58.3 Å². The van der Waals surface area contributed by atoms with Crippen molar-refractivity contribution in [2.45, 2.75) is 151 Å². The van der Waals surface area contributed by atoms with E-state index in [1.807, 2.05) is 103 Å². The van der Waals surface area contributed by atoms with Crippen molar-refractivity contribution < 1.29 is 72.2 Å². The van der Waals surface area contributed by atoms with Crippen LogP contribution in [0.3, 0.4) is 0 Å². The van der Waals surface area contributed by atoms with Crippen molar-refractivity contribution in [3.8, 4) is 23.0 Å². The molecule has 19 nitrogen and oxygen atoms in total. The SMILES string of the molecule is CCC(C)c1ccc(OCC(=O)N(C)c2ccc3cc(S(=O)(=O)[O-])ccc3c2)cc1.CCC(C)c1ccc(OCC(=O)N(c2cccc3c(S(=O)(=O)[O-])cccc23)C(C)C)cc1.CCC(C)c1ccc(OCC(=O)Nc2cccc3ccc(S(=O)(=O)[O-])cc23)cc1.CCCCOc1ccc([S+]2CCCC2)c2ccccc12.[PH2+]=S.[PH2+]=S. The van der Waals surface area contributed by atoms with Crippen LogP contribution >= 0.6 is 16.0 Å². The van der Waals surface area contributed by atoms with E-state index >= 15 is 0 Å². The van der Waals surface area contributed by atoms with Crippen LogP contribution in [0.2, 0.25) is 0 Å². The molecule has 0 aromatic heterocycles. The molecule has 11 aromatic carbocycles. The number of amides is 3. The van der Waals surface area contributed by atoms with Gasteiger partial charge in [0, 0.05) is 62.3 Å². The first kappa shape index (κ1) is 93.4. The Morgan fingerprint density at radius 1 is 0.470 bits per heavy atom. The highest BCUT2D eigenvalue weighted by Gasteiger charge is 2.30. The van der Waals surface area contributed by atoms with Crippen LogP contribution in [0.15, 0.2) is 238 Å². The number of nitrogens with zero attached hydrogens (tertiary/aromatic N) is 2. The third-order valence-electron chi connectivity index (χ3n) is 19.7. The first-order valence-corrected chi connectivity index (χ1v) is 47.4. The Hall–Kier alpha value is -8.81. The van der Waals surface area contributed by atoms with Crippen molar-refractivity contribution in [3.63, 3.8) is 0 Å². The fourth-order valence-electron chi connectivity index (χ4n) is 12.6. The molecule has 12 rings (SSSR count). The number of carbonyl (C=O) groups is 3. The van der Waals surface area contributed by atoms with Crippen molar-refractivity contribution in [2.75, 3.05) is 60.1 Å². The number of hydrogen-bond acceptors (Lipinski definition) is 18. The van der Waals surface area contributed by atoms with E-state index in [0.29, 0.717) is 89.9 Å². The standard InChI is InChI=1S/C25H29NO5S.C23H25NO5S.C22H23NO5S.C18H23OS.2HPS/c1-5-18(4)19-12-14-20(15-13-19)31-16-25(27)26(17(2)3)23-10-6-9-22-21(23)8-7-11-24(22)32(28,29)30;1-4-16(2)17-6-10-21(11-7-17)29-15-23(25)24(3)20-9-5-19-14-22(30(26,27)28)12-8-18(19)13-20;1-3-15(2)16-7-10-18(11-8-16)28-14-22(24)23-21-6-4-5-17-9-12-19(13-20(17)21)29(25,26)27;1-2-3-12-19-17-10-11-18(20-13-6-7-14-20)16-9-5-4-8-15(16)17;2*1-2/h6-15,17-18H,5,16H2,1-4H3,(H,28,29,30);5-14,16H,4,15H2,1-3H3,(H,26,27,28);4-13,15H,3,14H2,1-2H3,(H,23,24)(H,25,26,27);4-5,8-11H,2-3,6-7,12-14H2,1H3;2*1H/q;;;+1;;/p-1. The molecule has 610 valence electrons. The summed E-state index contributed by atoms with van der Waals surface area (Å²) in [6.07, 6.45) is 8.24. The smallest absolute Gasteiger partial charge is 0.265 e. The van der Waals surface area contributed by atoms with Gasteiger partial charge in [-0.05, 0) is 212 Å². The van der Waals surface area contributed by atoms with Gasteiger partial charge in [0.1, 0.15) is 80.9 Å². The average molecular weight is 1710 g/mol. The van der Waals surface area contributed by atoms with Gasteiger partial charge in [0.25, 0.3) is 17.7 Å². The number of anilines is 3. The Morgan fingerprint density at radius 3 is 1.46 bits per heavy atom. The highest BCUT2D eigenvalue weighted by molar-refractivity contribution is 7.97. The Kier molecular flexibility index (Phi) is 36.6. The van der Waals surface area contributed by atoms with Crippen LogP contribution < -0.4 is 34.1 Å². The Morgan fingerprint density at radius 2 is 0.939 bits per heavy atom. The molecule has 1 N–H and O–H groups in total. The van der Waals surface area contributed by atoms with E-state index < -0.39 is 30.4 Å². The summed E-state index contributed by atoms with van der Waals surface area (Å²) in [5.74, 6) is 6.14. The average Bonchev–Trinajstić information content (AvgIpc) is 0.825. The highest BCUT2D eigenvalue weighted by Crippen LogP contribution is 2.37. The quantitative estimate of drug-likeness (QED) is 0.0217. The minimum Gasteiger partial charge on any atom is -0.744 e. The molecule has 0 radical (unpaired) electrons. The van der Waals surface area contributed by atoms with E-state index in [9.17, 15) is 53.3 Å². The molecule has 11 aromatic rings. The zero-order valence-corrected chi connectivity index (χ0v) is 73.5. The summed E-state index contributed by atoms with van der Waals surface area (Å²) >= 11 is 8.00. The molecule has 1 fully saturated rings. The molecule has 0 spiro atoms. The number of hydrogen-bond donors (Lipinski definition) is 1. The van der Waals surface area contributed by atoms with Gasteiger partial charge in [-0.15, -0.1) is 0 Å². The number of benzene rings is 11. The number of fused-ring (bicyclic) bond motifs is 4. The number of unbranched alkanes of at least 4 members (excludes halogenated alkanes) is 1. The zero-order valence-electron chi connectivity index (χ0n) is 66.3. The Balaban J connectivity index is 0.000000211. The minimum absolute atomic E-state index is 0.107. The Labute approximate surface area is 694 Å². The summed E-state index contributed by atoms with van der Waals surface area (Å²) in [4.78, 5) is 41.7. The molecule has 0 saturated carbocycles. The molecule has 3 amide bonds. The number of rotatable bonds is 27. The summed E-state index contributed by atoms with van der Waals surface area (Å²) in [6.45, 7) is 19.2. The second kappa shape index (κ2) is 45.1. The van der Waals surface area contributed by atoms with Gasteiger partial charge in [0.05, 0.1) is 27.0 Å². The number of ether oxygens (including phenoxy) is 4. The van der Waals surface area contributed by atoms with Gasteiger partial charge >= 0.3 is 0 Å². The maximum Gasteiger partial charge on any atom is 0.265 e. The summed E-state index contributed by atoms with van der Waals surface area (Å²) in [6, 6.07) is 64.1. The Bertz CT molecular complexity index is 5430. The fourth-order valence-corrected chi connectivity index (χ4v) is 16.8. The summed E-state index contributed by atoms with van der Waals surface area (Å²) in [5.41, 5.74) is 5.25. The summed E-state index contributed by atoms with van der Waals surface area (Å²) < 4.78 is 125. The summed E-state index contributed by atoms with van der Waals surface area (Å²) in [5, 5.41) is 8.73. The molecule has 1 heterocycles. The topological polar surface area (TPSA) is 278 Å². The van der Waals surface area contributed by atoms with E-state index in [1.54, 1.807) is 83.6 Å². The van der Waals surface area contributed by atoms with Gasteiger partial charge in [-0.3, -0.25) is 14.4 Å². The largest absolute Gasteiger partial charge is 0.744 e. The molecule has 0 aliphatic carbocycles. The van der Waals surface area contributed by atoms with Crippen molar-refractivity contribution in [1.29, 1.82) is 0 Å². The zero-order chi connectivity index (χ0) is 84.2. The highest BCUT2D eigenvalue weighted by atomic mass is 32.4. The normalized spacial score (nSPS) is 12.8. The molecule has 0 bridgehead atoms. The van der Waals surface area contributed by atoms with Gasteiger partial charge < -0.3 is 47.7 Å². The van der Waals surface area contributed by atoms with Crippen molar-refractivity contribution in [2.24, 2.45) is 0 Å². The summed E-state index contributed by atoms with van der Waals surface area (Å²) in [7, 11) is -7.63. The van der Waals surface area contributed by atoms with E-state index in [2.05, 4.69) is 114 Å². The van der Waals surface area contributed by atoms with Gasteiger partial charge in [0.15, 0.2) is 48.3 Å². The van der Waals surface area contributed by atoms with Crippen LogP contribution in [-0.2, 0) is 79.2 Å². The molecule has 115 heavy (non-hydrogen) atoms. The van der Waals surface area contributed by atoms with Gasteiger partial charge in [-0.2, -0.15) is 0 Å². The van der Waals surface area contributed by atoms with E-state index in [4.69, 9.17) is 18.9 Å². The third kappa shape index (κ3) is 26.6. The lowest BCUT2D eigenvalue weighted by Crippen LogP contribution is -2.40. The van der Waals surface area contributed by atoms with E-state index in [0.717, 1.165) is 43.4 Å². The minimum atomic E-state index is -4.65. The number of nitrogens with one attached hydrogen (secondary N) is 1. The van der Waals surface area contributed by atoms with Gasteiger partial charge in [-0.1, -0.05) is 164 Å². The molecule has 1 aliphatic rings. The van der Waals surface area contributed by atoms with E-state index in [1.165, 1.54) is 106 Å². The fraction of sp³-hybridized carbons (Fsp3) is 0.307. The van der Waals surface area contributed by atoms with Crippen molar-refractivity contribution in [1.82, 2.24) is 0 Å². The number of carbonyl (C=O) groups excluding carboxylic acids is 3. The third-order valence-corrected chi connectivity index (χ3v) is 24.8. The second-order valence-corrected chi connectivity index (χ2v) is 34.0. The lowest BCUT2D eigenvalue weighted by Gasteiger charge is -2.28. The van der Waals surface area contributed by atoms with Crippen LogP contribution in [0.1, 0.15) is 142 Å². The predicted octanol–water partition coefficient (Wildman–Crippen LogP) is 19.1. The van der Waals surface area contributed by atoms with Gasteiger partial charge in [0.2, 0.25) is 0 Å². The number of likely N-dealkylation sites (N-methyl/N-ethyl adjacent to an activating group) is 1. The van der Waals surface area contributed by atoms with Crippen LogP contribution in [0.25, 0.3) is 43.1 Å². The molecule has 1 aliphatic heterocycles. The van der Waals surface area contributed by atoms with Crippen LogP contribution in [-0.4, -0.2) is 108 Å². The predicted molar refractivity (Wildman–Crippen MR) is 475 cm³/mol. The lowest BCUT2D eigenvalue weighted by atomic mass is 9.99. The maximum absolute atomic E-state index is 13.1. The van der Waals surface area contributed by atoms with Gasteiger partial charge in [-0.25, -0.2) is 25.3 Å². The lowest BCUT2D eigenvalue weighted by molar-refractivity contribution is -0.121.